The zero-order valence-electron chi connectivity index (χ0n) is 19.7. The van der Waals surface area contributed by atoms with E-state index >= 15 is 0 Å². The van der Waals surface area contributed by atoms with Crippen LogP contribution >= 0.6 is 11.8 Å². The van der Waals surface area contributed by atoms with Gasteiger partial charge in [0.1, 0.15) is 5.60 Å². The summed E-state index contributed by atoms with van der Waals surface area (Å²) in [6.07, 6.45) is 5.00. The minimum atomic E-state index is -0.684. The molecule has 0 aliphatic heterocycles. The molecular formula is C22H36N4O5S. The lowest BCUT2D eigenvalue weighted by atomic mass is 9.88. The summed E-state index contributed by atoms with van der Waals surface area (Å²) in [6, 6.07) is -0.684. The molecule has 1 saturated carbocycles. The molecule has 2 N–H and O–H groups in total. The van der Waals surface area contributed by atoms with E-state index in [9.17, 15) is 14.4 Å². The normalized spacial score (nSPS) is 15.9. The predicted molar refractivity (Wildman–Crippen MR) is 122 cm³/mol. The molecule has 1 aromatic rings. The zero-order valence-corrected chi connectivity index (χ0v) is 20.5. The Bertz CT molecular complexity index is 769. The second-order valence-electron chi connectivity index (χ2n) is 9.54. The Hall–Kier alpha value is -2.10. The van der Waals surface area contributed by atoms with Crippen LogP contribution in [-0.4, -0.2) is 51.9 Å². The number of carbonyl (C=O) groups excluding carboxylic acids is 3. The lowest BCUT2D eigenvalue weighted by molar-refractivity contribution is -0.126. The Kier molecular flexibility index (Phi) is 9.99. The van der Waals surface area contributed by atoms with Crippen LogP contribution in [0.15, 0.2) is 9.64 Å². The number of ketones is 1. The molecule has 1 fully saturated rings. The van der Waals surface area contributed by atoms with Gasteiger partial charge in [-0.05, 0) is 46.0 Å². The molecule has 0 unspecified atom stereocenters. The molecule has 0 saturated heterocycles. The van der Waals surface area contributed by atoms with E-state index in [-0.39, 0.29) is 34.6 Å². The molecule has 2 rings (SSSR count). The van der Waals surface area contributed by atoms with Gasteiger partial charge in [-0.2, -0.15) is 0 Å². The quantitative estimate of drug-likeness (QED) is 0.300. The topological polar surface area (TPSA) is 123 Å². The van der Waals surface area contributed by atoms with Crippen molar-refractivity contribution in [3.8, 4) is 0 Å². The fraction of sp³-hybridized carbons (Fsp3) is 0.773. The molecule has 0 spiro atoms. The van der Waals surface area contributed by atoms with Gasteiger partial charge in [-0.15, -0.1) is 10.2 Å². The Labute approximate surface area is 194 Å². The van der Waals surface area contributed by atoms with Crippen LogP contribution in [0, 0.1) is 11.8 Å². The van der Waals surface area contributed by atoms with Crippen molar-refractivity contribution in [1.82, 2.24) is 20.8 Å². The highest BCUT2D eigenvalue weighted by Crippen LogP contribution is 2.24. The van der Waals surface area contributed by atoms with E-state index in [2.05, 4.69) is 20.8 Å². The maximum absolute atomic E-state index is 13.0. The average Bonchev–Trinajstić information content (AvgIpc) is 3.18. The minimum absolute atomic E-state index is 0.0301. The monoisotopic (exact) mass is 468 g/mol. The smallest absolute Gasteiger partial charge is 0.407 e. The summed E-state index contributed by atoms with van der Waals surface area (Å²) >= 11 is 1.23. The summed E-state index contributed by atoms with van der Waals surface area (Å²) < 4.78 is 10.7. The molecule has 0 aromatic carbocycles. The predicted octanol–water partition coefficient (Wildman–Crippen LogP) is 3.98. The van der Waals surface area contributed by atoms with Gasteiger partial charge in [0, 0.05) is 18.2 Å². The lowest BCUT2D eigenvalue weighted by Gasteiger charge is -2.24. The molecule has 2 amide bonds. The summed E-state index contributed by atoms with van der Waals surface area (Å²) in [4.78, 5) is 37.3. The largest absolute Gasteiger partial charge is 0.444 e. The van der Waals surface area contributed by atoms with Crippen LogP contribution in [0.1, 0.15) is 83.8 Å². The second-order valence-corrected chi connectivity index (χ2v) is 10.6. The van der Waals surface area contributed by atoms with Gasteiger partial charge in [0.15, 0.2) is 0 Å². The highest BCUT2D eigenvalue weighted by Gasteiger charge is 2.30. The van der Waals surface area contributed by atoms with Crippen LogP contribution in [0.2, 0.25) is 0 Å². The van der Waals surface area contributed by atoms with E-state index in [1.165, 1.54) is 11.8 Å². The molecule has 0 radical (unpaired) electrons. The highest BCUT2D eigenvalue weighted by molar-refractivity contribution is 7.99. The van der Waals surface area contributed by atoms with Crippen LogP contribution in [0.25, 0.3) is 0 Å². The molecule has 1 aromatic heterocycles. The first-order valence-corrected chi connectivity index (χ1v) is 12.3. The van der Waals surface area contributed by atoms with Crippen molar-refractivity contribution in [2.45, 2.75) is 90.0 Å². The van der Waals surface area contributed by atoms with Crippen molar-refractivity contribution in [2.24, 2.45) is 11.8 Å². The zero-order chi connectivity index (χ0) is 23.7. The van der Waals surface area contributed by atoms with Crippen molar-refractivity contribution in [3.05, 3.63) is 5.89 Å². The maximum atomic E-state index is 13.0. The van der Waals surface area contributed by atoms with Crippen LogP contribution in [0.3, 0.4) is 0 Å². The van der Waals surface area contributed by atoms with Crippen molar-refractivity contribution >= 4 is 29.5 Å². The van der Waals surface area contributed by atoms with E-state index in [0.29, 0.717) is 18.7 Å². The Morgan fingerprint density at radius 3 is 2.47 bits per heavy atom. The number of hydrogen-bond acceptors (Lipinski definition) is 8. The second kappa shape index (κ2) is 12.2. The standard InChI is InChI=1S/C22H36N4O5S/c1-14(2)13-16(24-18(28)15-9-7-6-8-10-15)17(27)19-25-26-21(30-19)32-12-11-23-20(29)31-22(3,4)5/h14-16H,6-13H2,1-5H3,(H,23,29)(H,24,28)/t16-/m0/s1. The average molecular weight is 469 g/mol. The Morgan fingerprint density at radius 2 is 1.84 bits per heavy atom. The van der Waals surface area contributed by atoms with Gasteiger partial charge < -0.3 is 19.8 Å². The number of aromatic nitrogens is 2. The number of amides is 2. The van der Waals surface area contributed by atoms with E-state index in [1.54, 1.807) is 20.8 Å². The first kappa shape index (κ1) is 26.2. The molecule has 32 heavy (non-hydrogen) atoms. The minimum Gasteiger partial charge on any atom is -0.444 e. The van der Waals surface area contributed by atoms with Gasteiger partial charge in [-0.25, -0.2) is 4.79 Å². The number of Topliss-reactive ketones (excluding diaryl/α,β-unsaturated/α-hetero) is 1. The number of nitrogens with zero attached hydrogens (tertiary/aromatic N) is 2. The lowest BCUT2D eigenvalue weighted by Crippen LogP contribution is -2.45. The first-order valence-electron chi connectivity index (χ1n) is 11.3. The first-order chi connectivity index (χ1) is 15.0. The van der Waals surface area contributed by atoms with Crippen molar-refractivity contribution < 1.29 is 23.5 Å². The van der Waals surface area contributed by atoms with Crippen LogP contribution in [0.5, 0.6) is 0 Å². The SMILES string of the molecule is CC(C)C[C@H](NC(=O)C1CCCCC1)C(=O)c1nnc(SCCNC(=O)OC(C)(C)C)o1. The molecule has 1 aliphatic rings. The number of ether oxygens (including phenoxy) is 1. The number of rotatable bonds is 10. The third-order valence-corrected chi connectivity index (χ3v) is 5.75. The maximum Gasteiger partial charge on any atom is 0.407 e. The van der Waals surface area contributed by atoms with E-state index in [4.69, 9.17) is 9.15 Å². The Balaban J connectivity index is 1.88. The summed E-state index contributed by atoms with van der Waals surface area (Å²) in [7, 11) is 0. The molecule has 9 nitrogen and oxygen atoms in total. The number of hydrogen-bond donors (Lipinski definition) is 2. The molecule has 1 aliphatic carbocycles. The van der Waals surface area contributed by atoms with Crippen LogP contribution in [0.4, 0.5) is 4.79 Å². The molecule has 1 heterocycles. The van der Waals surface area contributed by atoms with Gasteiger partial charge in [-0.1, -0.05) is 44.9 Å². The summed E-state index contributed by atoms with van der Waals surface area (Å²) in [5.41, 5.74) is -0.558. The van der Waals surface area contributed by atoms with Crippen molar-refractivity contribution in [2.75, 3.05) is 12.3 Å². The summed E-state index contributed by atoms with van der Waals surface area (Å²) in [5.74, 6) is 0.120. The summed E-state index contributed by atoms with van der Waals surface area (Å²) in [5, 5.41) is 13.6. The van der Waals surface area contributed by atoms with E-state index < -0.39 is 17.7 Å². The van der Waals surface area contributed by atoms with Gasteiger partial charge in [0.2, 0.25) is 11.7 Å². The van der Waals surface area contributed by atoms with Crippen molar-refractivity contribution in [3.63, 3.8) is 0 Å². The fourth-order valence-corrected chi connectivity index (χ4v) is 4.09. The Morgan fingerprint density at radius 1 is 1.16 bits per heavy atom. The van der Waals surface area contributed by atoms with Gasteiger partial charge in [0.05, 0.1) is 6.04 Å². The molecular weight excluding hydrogens is 432 g/mol. The van der Waals surface area contributed by atoms with Crippen molar-refractivity contribution in [1.29, 1.82) is 0 Å². The number of alkyl carbamates (subject to hydrolysis) is 1. The fourth-order valence-electron chi connectivity index (χ4n) is 3.48. The van der Waals surface area contributed by atoms with E-state index in [1.807, 2.05) is 13.8 Å². The molecule has 10 heteroatoms. The van der Waals surface area contributed by atoms with Gasteiger partial charge in [0.25, 0.3) is 11.1 Å². The third-order valence-electron chi connectivity index (χ3n) is 4.93. The molecule has 1 atom stereocenters. The number of thioether (sulfide) groups is 1. The summed E-state index contributed by atoms with van der Waals surface area (Å²) in [6.45, 7) is 9.73. The molecule has 180 valence electrons. The third kappa shape index (κ3) is 9.18. The van der Waals surface area contributed by atoms with Crippen LogP contribution in [-0.2, 0) is 9.53 Å². The highest BCUT2D eigenvalue weighted by atomic mass is 32.2. The number of nitrogens with one attached hydrogen (secondary N) is 2. The molecule has 0 bridgehead atoms. The van der Waals surface area contributed by atoms with Gasteiger partial charge in [-0.3, -0.25) is 9.59 Å². The van der Waals surface area contributed by atoms with E-state index in [0.717, 1.165) is 32.1 Å². The van der Waals surface area contributed by atoms with Crippen LogP contribution < -0.4 is 10.6 Å². The van der Waals surface area contributed by atoms with Gasteiger partial charge >= 0.3 is 6.09 Å². The number of carbonyl (C=O) groups is 3.